The smallest absolute Gasteiger partial charge is 0.124 e. The van der Waals surface area contributed by atoms with E-state index in [1.54, 1.807) is 0 Å². The molecule has 1 heterocycles. The Kier molecular flexibility index (Phi) is 6.62. The van der Waals surface area contributed by atoms with Gasteiger partial charge in [0.2, 0.25) is 0 Å². The number of imidazole rings is 1. The van der Waals surface area contributed by atoms with Crippen LogP contribution in [0.5, 0.6) is 0 Å². The zero-order chi connectivity index (χ0) is 18.4. The average molecular weight is 358 g/mol. The number of hydrogen-bond donors (Lipinski definition) is 1. The van der Waals surface area contributed by atoms with Gasteiger partial charge in [-0.3, -0.25) is 0 Å². The molecule has 0 spiro atoms. The number of ether oxygens (including phenoxy) is 1. The predicted molar refractivity (Wildman–Crippen MR) is 109 cm³/mol. The van der Waals surface area contributed by atoms with Gasteiger partial charge in [0.1, 0.15) is 12.6 Å². The highest BCUT2D eigenvalue weighted by atomic mass is 28.3. The Labute approximate surface area is 152 Å². The molecule has 0 amide bonds. The predicted octanol–water partition coefficient (Wildman–Crippen LogP) is 5.12. The van der Waals surface area contributed by atoms with Crippen molar-refractivity contribution in [2.24, 2.45) is 0 Å². The summed E-state index contributed by atoms with van der Waals surface area (Å²) < 4.78 is 8.06. The highest BCUT2D eigenvalue weighted by molar-refractivity contribution is 6.76. The van der Waals surface area contributed by atoms with Gasteiger partial charge >= 0.3 is 0 Å². The van der Waals surface area contributed by atoms with Crippen LogP contribution in [0.15, 0.2) is 43.1 Å². The largest absolute Gasteiger partial charge is 0.398 e. The van der Waals surface area contributed by atoms with Crippen molar-refractivity contribution in [1.29, 1.82) is 0 Å². The van der Waals surface area contributed by atoms with Crippen LogP contribution in [0.1, 0.15) is 25.1 Å². The third kappa shape index (κ3) is 5.58. The number of rotatable bonds is 9. The van der Waals surface area contributed by atoms with Crippen LogP contribution < -0.4 is 5.73 Å². The monoisotopic (exact) mass is 357 g/mol. The van der Waals surface area contributed by atoms with Gasteiger partial charge in [0, 0.05) is 38.0 Å². The minimum absolute atomic E-state index is 0.289. The van der Waals surface area contributed by atoms with E-state index in [1.807, 2.05) is 30.3 Å². The van der Waals surface area contributed by atoms with Crippen molar-refractivity contribution in [1.82, 2.24) is 9.55 Å². The van der Waals surface area contributed by atoms with Gasteiger partial charge in [-0.2, -0.15) is 0 Å². The number of benzene rings is 1. The summed E-state index contributed by atoms with van der Waals surface area (Å²) in [5.41, 5.74) is 8.74. The molecule has 0 fully saturated rings. The van der Waals surface area contributed by atoms with Crippen molar-refractivity contribution in [3.8, 4) is 11.3 Å². The molecular weight excluding hydrogens is 326 g/mol. The van der Waals surface area contributed by atoms with Gasteiger partial charge in [0.25, 0.3) is 0 Å². The molecule has 1 aromatic carbocycles. The molecule has 2 N–H and O–H groups in total. The van der Waals surface area contributed by atoms with Crippen LogP contribution in [-0.2, 0) is 11.5 Å². The van der Waals surface area contributed by atoms with Crippen molar-refractivity contribution < 1.29 is 4.74 Å². The van der Waals surface area contributed by atoms with E-state index in [0.29, 0.717) is 6.73 Å². The van der Waals surface area contributed by atoms with E-state index >= 15 is 0 Å². The number of aromatic nitrogens is 2. The molecule has 2 rings (SSSR count). The Balaban J connectivity index is 2.21. The minimum atomic E-state index is -1.08. The SMILES string of the molecule is C=CC[C@H](C)c1nc(-c2ccccc2N)cn1COCC[Si](C)(C)C. The number of allylic oxidation sites excluding steroid dienone is 1. The quantitative estimate of drug-likeness (QED) is 0.293. The molecule has 0 aliphatic rings. The second kappa shape index (κ2) is 8.49. The van der Waals surface area contributed by atoms with Gasteiger partial charge in [-0.05, 0) is 18.5 Å². The lowest BCUT2D eigenvalue weighted by Crippen LogP contribution is -2.22. The molecule has 0 bridgehead atoms. The normalized spacial score (nSPS) is 13.0. The second-order valence-electron chi connectivity index (χ2n) is 7.81. The van der Waals surface area contributed by atoms with E-state index in [-0.39, 0.29) is 5.92 Å². The molecule has 25 heavy (non-hydrogen) atoms. The number of nitrogens with zero attached hydrogens (tertiary/aromatic N) is 2. The Morgan fingerprint density at radius 2 is 2.04 bits per heavy atom. The van der Waals surface area contributed by atoms with Crippen LogP contribution in [0.2, 0.25) is 25.7 Å². The number of para-hydroxylation sites is 1. The van der Waals surface area contributed by atoms with Crippen molar-refractivity contribution >= 4 is 13.8 Å². The Hall–Kier alpha value is -1.85. The number of anilines is 1. The highest BCUT2D eigenvalue weighted by Gasteiger charge is 2.17. The molecule has 1 atom stereocenters. The second-order valence-corrected chi connectivity index (χ2v) is 13.4. The van der Waals surface area contributed by atoms with Crippen molar-refractivity contribution in [2.45, 2.75) is 51.7 Å². The molecule has 1 aromatic heterocycles. The van der Waals surface area contributed by atoms with Gasteiger partial charge in [-0.15, -0.1) is 6.58 Å². The summed E-state index contributed by atoms with van der Waals surface area (Å²) in [6, 6.07) is 9.01. The summed E-state index contributed by atoms with van der Waals surface area (Å²) >= 11 is 0. The van der Waals surface area contributed by atoms with Crippen molar-refractivity contribution in [3.05, 3.63) is 48.9 Å². The minimum Gasteiger partial charge on any atom is -0.398 e. The maximum atomic E-state index is 6.12. The lowest BCUT2D eigenvalue weighted by Gasteiger charge is -2.17. The Bertz CT molecular complexity index is 703. The molecule has 0 aliphatic heterocycles. The van der Waals surface area contributed by atoms with Crippen molar-refractivity contribution in [3.63, 3.8) is 0 Å². The summed E-state index contributed by atoms with van der Waals surface area (Å²) in [7, 11) is -1.08. The molecular formula is C20H31N3OSi. The topological polar surface area (TPSA) is 53.1 Å². The third-order valence-electron chi connectivity index (χ3n) is 4.23. The first-order valence-electron chi connectivity index (χ1n) is 8.92. The van der Waals surface area contributed by atoms with Crippen LogP contribution in [0.3, 0.4) is 0 Å². The molecule has 0 saturated carbocycles. The Morgan fingerprint density at radius 1 is 1.32 bits per heavy atom. The first-order valence-corrected chi connectivity index (χ1v) is 12.6. The number of nitrogen functional groups attached to an aromatic ring is 1. The van der Waals surface area contributed by atoms with Crippen LogP contribution in [-0.4, -0.2) is 24.2 Å². The first-order chi connectivity index (χ1) is 11.8. The zero-order valence-corrected chi connectivity index (χ0v) is 17.0. The van der Waals surface area contributed by atoms with Gasteiger partial charge in [-0.25, -0.2) is 4.98 Å². The maximum absolute atomic E-state index is 6.12. The van der Waals surface area contributed by atoms with Crippen LogP contribution in [0, 0.1) is 0 Å². The number of hydrogen-bond acceptors (Lipinski definition) is 3. The maximum Gasteiger partial charge on any atom is 0.124 e. The van der Waals surface area contributed by atoms with Gasteiger partial charge < -0.3 is 15.0 Å². The molecule has 4 nitrogen and oxygen atoms in total. The molecule has 2 aromatic rings. The molecule has 136 valence electrons. The summed E-state index contributed by atoms with van der Waals surface area (Å²) in [4.78, 5) is 4.85. The average Bonchev–Trinajstić information content (AvgIpc) is 2.95. The Morgan fingerprint density at radius 3 is 2.68 bits per heavy atom. The lowest BCUT2D eigenvalue weighted by atomic mass is 10.1. The molecule has 5 heteroatoms. The summed E-state index contributed by atoms with van der Waals surface area (Å²) in [5.74, 6) is 1.31. The van der Waals surface area contributed by atoms with E-state index in [2.05, 4.69) is 43.9 Å². The molecule has 0 saturated heterocycles. The zero-order valence-electron chi connectivity index (χ0n) is 16.0. The number of nitrogens with two attached hydrogens (primary N) is 1. The summed E-state index contributed by atoms with van der Waals surface area (Å²) in [6.45, 7) is 14.4. The lowest BCUT2D eigenvalue weighted by molar-refractivity contribution is 0.0845. The highest BCUT2D eigenvalue weighted by Crippen LogP contribution is 2.28. The fourth-order valence-corrected chi connectivity index (χ4v) is 3.44. The molecule has 0 unspecified atom stereocenters. The standard InChI is InChI=1S/C20H31N3OSi/c1-6-9-16(2)20-22-19(17-10-7-8-11-18(17)21)14-23(20)15-24-12-13-25(3,4)5/h6-8,10-11,14,16H,1,9,12-13,15,21H2,2-5H3/t16-/m0/s1. The van der Waals surface area contributed by atoms with E-state index in [0.717, 1.165) is 41.8 Å². The van der Waals surface area contributed by atoms with Gasteiger partial charge in [-0.1, -0.05) is 50.8 Å². The van der Waals surface area contributed by atoms with E-state index < -0.39 is 8.07 Å². The van der Waals surface area contributed by atoms with E-state index in [4.69, 9.17) is 15.5 Å². The first kappa shape index (κ1) is 19.5. The third-order valence-corrected chi connectivity index (χ3v) is 5.94. The fourth-order valence-electron chi connectivity index (χ4n) is 2.68. The molecule has 0 radical (unpaired) electrons. The van der Waals surface area contributed by atoms with Gasteiger partial charge in [0.15, 0.2) is 0 Å². The van der Waals surface area contributed by atoms with E-state index in [9.17, 15) is 0 Å². The summed E-state index contributed by atoms with van der Waals surface area (Å²) in [5, 5.41) is 0. The van der Waals surface area contributed by atoms with Crippen LogP contribution in [0.25, 0.3) is 11.3 Å². The van der Waals surface area contributed by atoms with E-state index in [1.165, 1.54) is 0 Å². The van der Waals surface area contributed by atoms with Crippen LogP contribution in [0.4, 0.5) is 5.69 Å². The van der Waals surface area contributed by atoms with Gasteiger partial charge in [0.05, 0.1) is 5.69 Å². The summed E-state index contributed by atoms with van der Waals surface area (Å²) in [6.07, 6.45) is 4.87. The van der Waals surface area contributed by atoms with Crippen molar-refractivity contribution in [2.75, 3.05) is 12.3 Å². The molecule has 0 aliphatic carbocycles. The van der Waals surface area contributed by atoms with Crippen LogP contribution >= 0.6 is 0 Å². The fraction of sp³-hybridized carbons (Fsp3) is 0.450.